The van der Waals surface area contributed by atoms with Crippen molar-refractivity contribution in [3.63, 3.8) is 0 Å². The number of hydrogen-bond acceptors (Lipinski definition) is 3. The van der Waals surface area contributed by atoms with Crippen LogP contribution in [0.25, 0.3) is 0 Å². The van der Waals surface area contributed by atoms with Crippen LogP contribution in [0.3, 0.4) is 0 Å². The molecule has 1 amide bonds. The normalized spacial score (nSPS) is 21.1. The SMILES string of the molecule is CC1CCN(C(=O)CCOc2ccc(F)cc2)C(CN)C1.Cl. The summed E-state index contributed by atoms with van der Waals surface area (Å²) >= 11 is 0. The Labute approximate surface area is 137 Å². The van der Waals surface area contributed by atoms with Gasteiger partial charge in [-0.05, 0) is 43.0 Å². The number of nitrogens with two attached hydrogens (primary N) is 1. The zero-order valence-corrected chi connectivity index (χ0v) is 13.7. The van der Waals surface area contributed by atoms with Crippen molar-refractivity contribution in [1.82, 2.24) is 4.90 Å². The summed E-state index contributed by atoms with van der Waals surface area (Å²) in [5.41, 5.74) is 5.77. The van der Waals surface area contributed by atoms with E-state index in [2.05, 4.69) is 6.92 Å². The molecule has 1 aromatic rings. The van der Waals surface area contributed by atoms with Gasteiger partial charge in [0.15, 0.2) is 0 Å². The highest BCUT2D eigenvalue weighted by molar-refractivity contribution is 5.85. The molecule has 2 atom stereocenters. The van der Waals surface area contributed by atoms with E-state index in [0.29, 0.717) is 31.2 Å². The second-order valence-electron chi connectivity index (χ2n) is 5.66. The first-order valence-corrected chi connectivity index (χ1v) is 7.48. The third-order valence-corrected chi connectivity index (χ3v) is 3.97. The summed E-state index contributed by atoms with van der Waals surface area (Å²) < 4.78 is 18.2. The quantitative estimate of drug-likeness (QED) is 0.903. The third kappa shape index (κ3) is 5.14. The van der Waals surface area contributed by atoms with E-state index in [9.17, 15) is 9.18 Å². The van der Waals surface area contributed by atoms with Crippen molar-refractivity contribution in [2.75, 3.05) is 19.7 Å². The molecule has 0 aromatic heterocycles. The van der Waals surface area contributed by atoms with Crippen molar-refractivity contribution in [1.29, 1.82) is 0 Å². The van der Waals surface area contributed by atoms with Crippen molar-refractivity contribution in [3.05, 3.63) is 30.1 Å². The van der Waals surface area contributed by atoms with Gasteiger partial charge in [0, 0.05) is 19.1 Å². The van der Waals surface area contributed by atoms with E-state index in [1.165, 1.54) is 12.1 Å². The summed E-state index contributed by atoms with van der Waals surface area (Å²) in [6.07, 6.45) is 2.32. The molecular formula is C16H24ClFN2O2. The van der Waals surface area contributed by atoms with E-state index in [-0.39, 0.29) is 30.2 Å². The lowest BCUT2D eigenvalue weighted by molar-refractivity contribution is -0.135. The van der Waals surface area contributed by atoms with Gasteiger partial charge in [0.05, 0.1) is 13.0 Å². The Hall–Kier alpha value is -1.33. The average molecular weight is 331 g/mol. The second kappa shape index (κ2) is 8.96. The predicted octanol–water partition coefficient (Wildman–Crippen LogP) is 2.60. The molecule has 0 bridgehead atoms. The highest BCUT2D eigenvalue weighted by atomic mass is 35.5. The van der Waals surface area contributed by atoms with Crippen molar-refractivity contribution in [2.24, 2.45) is 11.7 Å². The standard InChI is InChI=1S/C16H23FN2O2.ClH/c1-12-6-8-19(14(10-12)11-18)16(20)7-9-21-15-4-2-13(17)3-5-15;/h2-5,12,14H,6-11,18H2,1H3;1H. The number of amides is 1. The number of carbonyl (C=O) groups is 1. The Morgan fingerprint density at radius 2 is 2.09 bits per heavy atom. The number of benzene rings is 1. The van der Waals surface area contributed by atoms with Crippen LogP contribution < -0.4 is 10.5 Å². The lowest BCUT2D eigenvalue weighted by Crippen LogP contribution is -2.49. The fraction of sp³-hybridized carbons (Fsp3) is 0.562. The maximum atomic E-state index is 12.8. The van der Waals surface area contributed by atoms with Gasteiger partial charge in [0.25, 0.3) is 0 Å². The van der Waals surface area contributed by atoms with E-state index >= 15 is 0 Å². The summed E-state index contributed by atoms with van der Waals surface area (Å²) in [6, 6.07) is 5.95. The number of rotatable bonds is 5. The van der Waals surface area contributed by atoms with Crippen LogP contribution in [0.15, 0.2) is 24.3 Å². The molecule has 0 spiro atoms. The summed E-state index contributed by atoms with van der Waals surface area (Å²) in [4.78, 5) is 14.1. The molecule has 2 rings (SSSR count). The Kier molecular flexibility index (Phi) is 7.62. The molecule has 6 heteroatoms. The van der Waals surface area contributed by atoms with Crippen LogP contribution in [0, 0.1) is 11.7 Å². The van der Waals surface area contributed by atoms with E-state index in [1.807, 2.05) is 4.90 Å². The van der Waals surface area contributed by atoms with Gasteiger partial charge in [-0.1, -0.05) is 6.92 Å². The first kappa shape index (κ1) is 18.7. The molecule has 1 aliphatic heterocycles. The molecule has 1 fully saturated rings. The first-order valence-electron chi connectivity index (χ1n) is 7.48. The number of carbonyl (C=O) groups excluding carboxylic acids is 1. The zero-order valence-electron chi connectivity index (χ0n) is 12.8. The number of ether oxygens (including phenoxy) is 1. The molecule has 2 N–H and O–H groups in total. The number of piperidine rings is 1. The summed E-state index contributed by atoms with van der Waals surface area (Å²) in [5.74, 6) is 0.982. The number of hydrogen-bond donors (Lipinski definition) is 1. The van der Waals surface area contributed by atoms with Crippen LogP contribution in [0.4, 0.5) is 4.39 Å². The minimum Gasteiger partial charge on any atom is -0.493 e. The van der Waals surface area contributed by atoms with E-state index in [4.69, 9.17) is 10.5 Å². The Morgan fingerprint density at radius 3 is 2.73 bits per heavy atom. The van der Waals surface area contributed by atoms with Crippen molar-refractivity contribution >= 4 is 18.3 Å². The number of halogens is 2. The van der Waals surface area contributed by atoms with E-state index in [0.717, 1.165) is 19.4 Å². The van der Waals surface area contributed by atoms with Crippen molar-refractivity contribution < 1.29 is 13.9 Å². The Bertz CT molecular complexity index is 470. The maximum Gasteiger partial charge on any atom is 0.226 e. The molecule has 4 nitrogen and oxygen atoms in total. The molecule has 2 unspecified atom stereocenters. The maximum absolute atomic E-state index is 12.8. The Morgan fingerprint density at radius 1 is 1.41 bits per heavy atom. The molecule has 1 aromatic carbocycles. The monoisotopic (exact) mass is 330 g/mol. The topological polar surface area (TPSA) is 55.6 Å². The highest BCUT2D eigenvalue weighted by Gasteiger charge is 2.28. The van der Waals surface area contributed by atoms with E-state index in [1.54, 1.807) is 12.1 Å². The summed E-state index contributed by atoms with van der Waals surface area (Å²) in [5, 5.41) is 0. The lowest BCUT2D eigenvalue weighted by Gasteiger charge is -2.38. The van der Waals surface area contributed by atoms with Gasteiger partial charge >= 0.3 is 0 Å². The van der Waals surface area contributed by atoms with Crippen LogP contribution in [0.2, 0.25) is 0 Å². The Balaban J connectivity index is 0.00000242. The van der Waals surface area contributed by atoms with Crippen LogP contribution in [0.5, 0.6) is 5.75 Å². The summed E-state index contributed by atoms with van der Waals surface area (Å²) in [6.45, 7) is 3.78. The van der Waals surface area contributed by atoms with Gasteiger partial charge in [-0.2, -0.15) is 0 Å². The minimum absolute atomic E-state index is 0. The van der Waals surface area contributed by atoms with Gasteiger partial charge < -0.3 is 15.4 Å². The predicted molar refractivity (Wildman–Crippen MR) is 86.7 cm³/mol. The van der Waals surface area contributed by atoms with Crippen molar-refractivity contribution in [3.8, 4) is 5.75 Å². The second-order valence-corrected chi connectivity index (χ2v) is 5.66. The van der Waals surface area contributed by atoms with Crippen molar-refractivity contribution in [2.45, 2.75) is 32.2 Å². The molecule has 22 heavy (non-hydrogen) atoms. The third-order valence-electron chi connectivity index (χ3n) is 3.97. The molecule has 1 aliphatic rings. The molecular weight excluding hydrogens is 307 g/mol. The molecule has 0 radical (unpaired) electrons. The number of likely N-dealkylation sites (tertiary alicyclic amines) is 1. The molecule has 124 valence electrons. The molecule has 0 aliphatic carbocycles. The van der Waals surface area contributed by atoms with Crippen LogP contribution in [-0.4, -0.2) is 36.5 Å². The average Bonchev–Trinajstić information content (AvgIpc) is 2.49. The molecule has 0 saturated carbocycles. The highest BCUT2D eigenvalue weighted by Crippen LogP contribution is 2.22. The molecule has 1 heterocycles. The van der Waals surface area contributed by atoms with Gasteiger partial charge in [0.1, 0.15) is 11.6 Å². The van der Waals surface area contributed by atoms with Gasteiger partial charge in [-0.3, -0.25) is 4.79 Å². The van der Waals surface area contributed by atoms with Gasteiger partial charge in [-0.15, -0.1) is 12.4 Å². The van der Waals surface area contributed by atoms with Crippen LogP contribution in [-0.2, 0) is 4.79 Å². The fourth-order valence-corrected chi connectivity index (χ4v) is 2.73. The molecule has 1 saturated heterocycles. The van der Waals surface area contributed by atoms with Crippen LogP contribution in [0.1, 0.15) is 26.2 Å². The van der Waals surface area contributed by atoms with E-state index < -0.39 is 0 Å². The zero-order chi connectivity index (χ0) is 15.2. The lowest BCUT2D eigenvalue weighted by atomic mass is 9.92. The first-order chi connectivity index (χ1) is 10.1. The minimum atomic E-state index is -0.299. The smallest absolute Gasteiger partial charge is 0.226 e. The van der Waals surface area contributed by atoms with Gasteiger partial charge in [0.2, 0.25) is 5.91 Å². The van der Waals surface area contributed by atoms with Gasteiger partial charge in [-0.25, -0.2) is 4.39 Å². The van der Waals surface area contributed by atoms with Crippen LogP contribution >= 0.6 is 12.4 Å². The number of nitrogens with zero attached hydrogens (tertiary/aromatic N) is 1. The summed E-state index contributed by atoms with van der Waals surface area (Å²) in [7, 11) is 0. The fourth-order valence-electron chi connectivity index (χ4n) is 2.73. The largest absolute Gasteiger partial charge is 0.493 e.